The van der Waals surface area contributed by atoms with Crippen LogP contribution in [0.5, 0.6) is 0 Å². The van der Waals surface area contributed by atoms with Gasteiger partial charge in [0.15, 0.2) is 0 Å². The molecule has 0 unspecified atom stereocenters. The van der Waals surface area contributed by atoms with E-state index in [1.165, 1.54) is 47.7 Å². The van der Waals surface area contributed by atoms with Crippen LogP contribution in [0.3, 0.4) is 0 Å². The molecule has 0 saturated carbocycles. The molecule has 9 aromatic rings. The Balaban J connectivity index is 1.36. The van der Waals surface area contributed by atoms with Crippen LogP contribution < -0.4 is 58.5 Å². The Labute approximate surface area is 354 Å². The van der Waals surface area contributed by atoms with Gasteiger partial charge in [0.1, 0.15) is 0 Å². The summed E-state index contributed by atoms with van der Waals surface area (Å²) in [6.07, 6.45) is 0. The number of hydrogen-bond acceptors (Lipinski definition) is 0. The Kier molecular flexibility index (Phi) is 12.5. The van der Waals surface area contributed by atoms with Crippen molar-refractivity contribution in [2.24, 2.45) is 0 Å². The Hall–Kier alpha value is -4.93. The summed E-state index contributed by atoms with van der Waals surface area (Å²) in [5, 5.41) is 12.7. The van der Waals surface area contributed by atoms with Crippen molar-refractivity contribution in [1.29, 1.82) is 0 Å². The summed E-state index contributed by atoms with van der Waals surface area (Å²) in [5.74, 6) is 0. The summed E-state index contributed by atoms with van der Waals surface area (Å²) in [5.41, 5.74) is 0. The van der Waals surface area contributed by atoms with E-state index < -0.39 is 43.5 Å². The van der Waals surface area contributed by atoms with E-state index in [1.807, 2.05) is 0 Å². The third kappa shape index (κ3) is 8.32. The fraction of sp³-hybridized carbons (Fsp3) is 0. The molecule has 0 saturated heterocycles. The zero-order valence-electron chi connectivity index (χ0n) is 32.1. The molecular weight excluding hydrogens is 860 g/mol. The summed E-state index contributed by atoms with van der Waals surface area (Å²) in [4.78, 5) is 0. The molecule has 0 nitrogen and oxygen atoms in total. The number of hydrogen-bond donors (Lipinski definition) is 0. The van der Waals surface area contributed by atoms with Gasteiger partial charge in [0.05, 0.1) is 0 Å². The molecule has 58 heavy (non-hydrogen) atoms. The minimum atomic E-state index is -3.21. The molecule has 0 heterocycles. The maximum atomic E-state index is 2.51. The number of rotatable bonds is 12. The van der Waals surface area contributed by atoms with Crippen molar-refractivity contribution in [1.82, 2.24) is 0 Å². The first kappa shape index (κ1) is 38.6. The fourth-order valence-corrected chi connectivity index (χ4v) is 27.6. The van der Waals surface area contributed by atoms with Gasteiger partial charge in [-0.25, -0.2) is 0 Å². The van der Waals surface area contributed by atoms with E-state index in [2.05, 4.69) is 255 Å². The van der Waals surface area contributed by atoms with Crippen LogP contribution in [0.1, 0.15) is 0 Å². The first-order valence-corrected chi connectivity index (χ1v) is 28.0. The van der Waals surface area contributed by atoms with Gasteiger partial charge in [0.25, 0.3) is 0 Å². The van der Waals surface area contributed by atoms with Crippen molar-refractivity contribution < 1.29 is 0 Å². The van der Waals surface area contributed by atoms with Crippen molar-refractivity contribution in [3.63, 3.8) is 0 Å². The molecule has 0 aliphatic rings. The molecular formula is C54H42P3Sn. The predicted molar refractivity (Wildman–Crippen MR) is 260 cm³/mol. The minimum absolute atomic E-state index is 0.845. The molecule has 0 aliphatic heterocycles. The molecule has 1 radical (unpaired) electrons. The Morgan fingerprint density at radius 1 is 0.190 bits per heavy atom. The number of benzene rings is 9. The van der Waals surface area contributed by atoms with E-state index in [-0.39, 0.29) is 0 Å². The van der Waals surface area contributed by atoms with E-state index in [9.17, 15) is 0 Å². The third-order valence-corrected chi connectivity index (χ3v) is 28.0. The van der Waals surface area contributed by atoms with Gasteiger partial charge in [0, 0.05) is 0 Å². The van der Waals surface area contributed by atoms with Gasteiger partial charge in [-0.3, -0.25) is 0 Å². The van der Waals surface area contributed by atoms with E-state index in [0.29, 0.717) is 0 Å². The van der Waals surface area contributed by atoms with Gasteiger partial charge in [-0.05, 0) is 0 Å². The Morgan fingerprint density at radius 2 is 0.362 bits per heavy atom. The van der Waals surface area contributed by atoms with Crippen LogP contribution in [0.2, 0.25) is 0 Å². The standard InChI is InChI=1S/3C18H14P.Sn/c3*1-4-10-16(11-5-1)19(17-12-6-2-7-13-17)18-14-8-3-9-15-18;/h3*1-14H;. The van der Waals surface area contributed by atoms with E-state index in [4.69, 9.17) is 0 Å². The van der Waals surface area contributed by atoms with Gasteiger partial charge in [0.2, 0.25) is 0 Å². The van der Waals surface area contributed by atoms with Gasteiger partial charge < -0.3 is 0 Å². The van der Waals surface area contributed by atoms with Crippen molar-refractivity contribution >= 4 is 102 Å². The van der Waals surface area contributed by atoms with Crippen molar-refractivity contribution in [3.05, 3.63) is 255 Å². The zero-order chi connectivity index (χ0) is 38.9. The van der Waals surface area contributed by atoms with Crippen molar-refractivity contribution in [3.8, 4) is 0 Å². The molecule has 0 amide bonds. The zero-order valence-corrected chi connectivity index (χ0v) is 37.6. The van der Waals surface area contributed by atoms with Crippen LogP contribution in [-0.2, 0) is 0 Å². The average molecular weight is 903 g/mol. The van der Waals surface area contributed by atoms with Gasteiger partial charge >= 0.3 is 357 Å². The van der Waals surface area contributed by atoms with Gasteiger partial charge in [-0.2, -0.15) is 0 Å². The average Bonchev–Trinajstić information content (AvgIpc) is 3.30. The van der Waals surface area contributed by atoms with Crippen LogP contribution in [0.25, 0.3) is 0 Å². The topological polar surface area (TPSA) is 0 Å². The maximum absolute atomic E-state index is 3.21. The second-order valence-corrected chi connectivity index (χ2v) is 27.3. The second kappa shape index (κ2) is 18.8. The van der Waals surface area contributed by atoms with Crippen LogP contribution >= 0.6 is 23.8 Å². The first-order valence-electron chi connectivity index (χ1n) is 19.7. The Morgan fingerprint density at radius 3 is 0.569 bits per heavy atom. The first-order chi connectivity index (χ1) is 28.8. The van der Waals surface area contributed by atoms with Crippen LogP contribution in [0.15, 0.2) is 255 Å². The van der Waals surface area contributed by atoms with Gasteiger partial charge in [-0.15, -0.1) is 0 Å². The van der Waals surface area contributed by atoms with Crippen LogP contribution in [0.4, 0.5) is 0 Å². The molecule has 0 atom stereocenters. The van der Waals surface area contributed by atoms with Crippen molar-refractivity contribution in [2.45, 2.75) is 0 Å². The molecule has 9 aromatic carbocycles. The van der Waals surface area contributed by atoms with E-state index >= 15 is 0 Å². The second-order valence-electron chi connectivity index (χ2n) is 13.9. The molecule has 9 rings (SSSR count). The van der Waals surface area contributed by atoms with Crippen LogP contribution in [-0.4, -0.2) is 19.8 Å². The monoisotopic (exact) mass is 903 g/mol. The molecule has 0 bridgehead atoms. The molecule has 4 heteroatoms. The SMILES string of the molecule is c1ccc(P(c2ccccc2)c2cccc[c]2[Sn]([c]2ccccc2P(c2ccccc2)c2ccccc2)[c]2ccccc2P(c2ccccc2)c2ccccc2)cc1. The molecule has 0 fully saturated rings. The van der Waals surface area contributed by atoms with Crippen LogP contribution in [0, 0.1) is 0 Å². The molecule has 0 N–H and O–H groups in total. The fourth-order valence-electron chi connectivity index (χ4n) is 7.82. The van der Waals surface area contributed by atoms with E-state index in [1.54, 1.807) is 10.7 Å². The van der Waals surface area contributed by atoms with Crippen molar-refractivity contribution in [2.75, 3.05) is 0 Å². The summed E-state index contributed by atoms with van der Waals surface area (Å²) in [6.45, 7) is 0. The summed E-state index contributed by atoms with van der Waals surface area (Å²) in [6, 6.07) is 96.2. The quantitative estimate of drug-likeness (QED) is 0.0883. The predicted octanol–water partition coefficient (Wildman–Crippen LogP) is 7.48. The van der Waals surface area contributed by atoms with E-state index in [0.717, 1.165) is 0 Å². The summed E-state index contributed by atoms with van der Waals surface area (Å²) < 4.78 is 4.65. The normalized spacial score (nSPS) is 11.4. The Bertz CT molecular complexity index is 2260. The molecule has 0 spiro atoms. The molecule has 0 aliphatic carbocycles. The summed E-state index contributed by atoms with van der Waals surface area (Å²) >= 11 is -3.21. The molecule has 277 valence electrons. The third-order valence-electron chi connectivity index (χ3n) is 10.3. The summed E-state index contributed by atoms with van der Waals surface area (Å²) in [7, 11) is -2.54. The molecule has 0 aromatic heterocycles. The van der Waals surface area contributed by atoms with Gasteiger partial charge in [-0.1, -0.05) is 0 Å².